The summed E-state index contributed by atoms with van der Waals surface area (Å²) in [7, 11) is 1.99. The SMILES string of the molecule is CC1CC(c2cccc(-c3cc(Cl)c4c(Br)c(CN5CCC[C@H](C)C5)[nH]c4c3F)c2)(c2nncn2C)C1. The largest absolute Gasteiger partial charge is 0.354 e. The quantitative estimate of drug-likeness (QED) is 0.265. The normalized spacial score (nSPS) is 24.5. The number of halogens is 3. The Kier molecular flexibility index (Phi) is 6.45. The molecule has 37 heavy (non-hydrogen) atoms. The Balaban J connectivity index is 1.40. The molecule has 5 nitrogen and oxygen atoms in total. The maximum absolute atomic E-state index is 16.1. The number of aromatic amines is 1. The van der Waals surface area contributed by atoms with Crippen LogP contribution >= 0.6 is 27.5 Å². The molecule has 8 heteroatoms. The number of aromatic nitrogens is 4. The average Bonchev–Trinajstić information content (AvgIpc) is 3.43. The molecule has 1 saturated carbocycles. The summed E-state index contributed by atoms with van der Waals surface area (Å²) >= 11 is 10.5. The van der Waals surface area contributed by atoms with E-state index >= 15 is 4.39 Å². The van der Waals surface area contributed by atoms with Crippen molar-refractivity contribution in [3.05, 3.63) is 69.1 Å². The zero-order valence-electron chi connectivity index (χ0n) is 21.5. The highest BCUT2D eigenvalue weighted by molar-refractivity contribution is 9.10. The highest BCUT2D eigenvalue weighted by Gasteiger charge is 2.48. The molecule has 2 aliphatic rings. The molecule has 0 bridgehead atoms. The fraction of sp³-hybridized carbons (Fsp3) is 0.448. The van der Waals surface area contributed by atoms with Gasteiger partial charge in [-0.1, -0.05) is 49.7 Å². The van der Waals surface area contributed by atoms with Crippen molar-refractivity contribution in [3.63, 3.8) is 0 Å². The average molecular weight is 585 g/mol. The molecule has 0 amide bonds. The molecule has 3 heterocycles. The third kappa shape index (κ3) is 4.23. The first-order valence-corrected chi connectivity index (χ1v) is 14.3. The van der Waals surface area contributed by atoms with E-state index in [4.69, 9.17) is 11.6 Å². The zero-order chi connectivity index (χ0) is 25.9. The minimum absolute atomic E-state index is 0.209. The molecule has 1 saturated heterocycles. The van der Waals surface area contributed by atoms with Gasteiger partial charge in [0.15, 0.2) is 5.82 Å². The first-order valence-electron chi connectivity index (χ1n) is 13.1. The summed E-state index contributed by atoms with van der Waals surface area (Å²) in [5, 5.41) is 9.86. The van der Waals surface area contributed by atoms with Crippen molar-refractivity contribution < 1.29 is 4.39 Å². The number of H-pyrrole nitrogens is 1. The maximum Gasteiger partial charge on any atom is 0.155 e. The van der Waals surface area contributed by atoms with E-state index in [0.29, 0.717) is 33.3 Å². The number of rotatable bonds is 5. The summed E-state index contributed by atoms with van der Waals surface area (Å²) in [6.45, 7) is 7.42. The Morgan fingerprint density at radius 3 is 2.73 bits per heavy atom. The van der Waals surface area contributed by atoms with Gasteiger partial charge in [0.25, 0.3) is 0 Å². The molecule has 1 N–H and O–H groups in total. The molecule has 0 radical (unpaired) electrons. The second-order valence-corrected chi connectivity index (χ2v) is 12.5. The van der Waals surface area contributed by atoms with Crippen LogP contribution < -0.4 is 0 Å². The molecule has 194 valence electrons. The summed E-state index contributed by atoms with van der Waals surface area (Å²) < 4.78 is 19.0. The number of hydrogen-bond donors (Lipinski definition) is 1. The molecular formula is C29H32BrClFN5. The first kappa shape index (κ1) is 25.1. The van der Waals surface area contributed by atoms with E-state index in [1.807, 2.05) is 23.7 Å². The number of aryl methyl sites for hydroxylation is 1. The number of piperidine rings is 1. The van der Waals surface area contributed by atoms with E-state index in [9.17, 15) is 0 Å². The van der Waals surface area contributed by atoms with E-state index in [1.165, 1.54) is 12.8 Å². The lowest BCUT2D eigenvalue weighted by Crippen LogP contribution is -2.43. The summed E-state index contributed by atoms with van der Waals surface area (Å²) in [6.07, 6.45) is 6.20. The lowest BCUT2D eigenvalue weighted by Gasteiger charge is -2.46. The van der Waals surface area contributed by atoms with Crippen molar-refractivity contribution in [1.29, 1.82) is 0 Å². The van der Waals surface area contributed by atoms with Crippen LogP contribution in [0.1, 0.15) is 56.6 Å². The van der Waals surface area contributed by atoms with Crippen molar-refractivity contribution in [2.24, 2.45) is 18.9 Å². The van der Waals surface area contributed by atoms with Crippen molar-refractivity contribution in [2.75, 3.05) is 13.1 Å². The Morgan fingerprint density at radius 1 is 1.22 bits per heavy atom. The Labute approximate surface area is 230 Å². The molecule has 1 aliphatic carbocycles. The Bertz CT molecular complexity index is 1470. The number of hydrogen-bond acceptors (Lipinski definition) is 3. The van der Waals surface area contributed by atoms with Crippen LogP contribution in [0.2, 0.25) is 5.02 Å². The molecule has 0 spiro atoms. The minimum Gasteiger partial charge on any atom is -0.354 e. The summed E-state index contributed by atoms with van der Waals surface area (Å²) in [5.41, 5.74) is 3.69. The predicted octanol–water partition coefficient (Wildman–Crippen LogP) is 7.47. The third-order valence-corrected chi connectivity index (χ3v) is 9.53. The van der Waals surface area contributed by atoms with Gasteiger partial charge in [0, 0.05) is 41.3 Å². The van der Waals surface area contributed by atoms with E-state index in [0.717, 1.165) is 59.6 Å². The fourth-order valence-corrected chi connectivity index (χ4v) is 7.71. The standard InChI is InChI=1S/C29H32BrClFN5/c1-17-6-5-9-37(14-17)15-23-25(30)24-22(31)11-21(26(32)27(24)34-23)19-7-4-8-20(10-19)29(12-18(2)13-29)28-35-33-16-36(28)3/h4,7-8,10-11,16-18,34H,5-6,9,12-15H2,1-3H3/t17-,18?,29?/m0/s1. The summed E-state index contributed by atoms with van der Waals surface area (Å²) in [6, 6.07) is 9.98. The van der Waals surface area contributed by atoms with Gasteiger partial charge in [-0.15, -0.1) is 10.2 Å². The van der Waals surface area contributed by atoms with Crippen molar-refractivity contribution in [3.8, 4) is 11.1 Å². The second kappa shape index (κ2) is 9.51. The maximum atomic E-state index is 16.1. The van der Waals surface area contributed by atoms with Gasteiger partial charge in [-0.2, -0.15) is 0 Å². The smallest absolute Gasteiger partial charge is 0.155 e. The minimum atomic E-state index is -0.273. The lowest BCUT2D eigenvalue weighted by molar-refractivity contribution is 0.175. The van der Waals surface area contributed by atoms with Crippen LogP contribution in [0.25, 0.3) is 22.0 Å². The number of nitrogens with zero attached hydrogens (tertiary/aromatic N) is 4. The molecular weight excluding hydrogens is 553 g/mol. The molecule has 2 aromatic carbocycles. The second-order valence-electron chi connectivity index (χ2n) is 11.3. The van der Waals surface area contributed by atoms with Gasteiger partial charge in [0.05, 0.1) is 16.0 Å². The molecule has 4 aromatic rings. The molecule has 6 rings (SSSR count). The van der Waals surface area contributed by atoms with Gasteiger partial charge in [0.1, 0.15) is 12.2 Å². The van der Waals surface area contributed by atoms with Crippen LogP contribution in [-0.2, 0) is 19.0 Å². The van der Waals surface area contributed by atoms with E-state index in [2.05, 4.69) is 62.0 Å². The van der Waals surface area contributed by atoms with E-state index < -0.39 is 0 Å². The van der Waals surface area contributed by atoms with Crippen LogP contribution in [0.15, 0.2) is 41.1 Å². The highest BCUT2D eigenvalue weighted by Crippen LogP contribution is 2.52. The summed E-state index contributed by atoms with van der Waals surface area (Å²) in [5.74, 6) is 1.96. The molecule has 0 unspecified atom stereocenters. The molecule has 1 atom stereocenters. The topological polar surface area (TPSA) is 49.7 Å². The number of benzene rings is 2. The molecule has 2 aromatic heterocycles. The van der Waals surface area contributed by atoms with E-state index in [1.54, 1.807) is 12.4 Å². The Hall–Kier alpha value is -2.22. The fourth-order valence-electron chi connectivity index (χ4n) is 6.67. The zero-order valence-corrected chi connectivity index (χ0v) is 23.8. The first-order chi connectivity index (χ1) is 17.8. The van der Waals surface area contributed by atoms with Gasteiger partial charge in [-0.05, 0) is 77.2 Å². The van der Waals surface area contributed by atoms with E-state index in [-0.39, 0.29) is 11.2 Å². The van der Waals surface area contributed by atoms with Gasteiger partial charge < -0.3 is 9.55 Å². The monoisotopic (exact) mass is 583 g/mol. The lowest BCUT2D eigenvalue weighted by atomic mass is 9.58. The number of fused-ring (bicyclic) bond motifs is 1. The van der Waals surface area contributed by atoms with Gasteiger partial charge >= 0.3 is 0 Å². The Morgan fingerprint density at radius 2 is 2.03 bits per heavy atom. The molecule has 2 fully saturated rings. The van der Waals surface area contributed by atoms with Crippen LogP contribution in [0.4, 0.5) is 4.39 Å². The predicted molar refractivity (Wildman–Crippen MR) is 150 cm³/mol. The number of nitrogens with one attached hydrogen (secondary N) is 1. The third-order valence-electron chi connectivity index (χ3n) is 8.36. The van der Waals surface area contributed by atoms with Crippen LogP contribution in [-0.4, -0.2) is 37.7 Å². The van der Waals surface area contributed by atoms with Crippen molar-refractivity contribution in [2.45, 2.75) is 51.5 Å². The van der Waals surface area contributed by atoms with Crippen LogP contribution in [0.3, 0.4) is 0 Å². The highest BCUT2D eigenvalue weighted by atomic mass is 79.9. The van der Waals surface area contributed by atoms with Crippen molar-refractivity contribution >= 4 is 38.4 Å². The number of likely N-dealkylation sites (tertiary alicyclic amines) is 1. The van der Waals surface area contributed by atoms with Crippen LogP contribution in [0, 0.1) is 17.7 Å². The van der Waals surface area contributed by atoms with Gasteiger partial charge in [0.2, 0.25) is 0 Å². The molecule has 1 aliphatic heterocycles. The van der Waals surface area contributed by atoms with Gasteiger partial charge in [-0.25, -0.2) is 4.39 Å². The van der Waals surface area contributed by atoms with Crippen LogP contribution in [0.5, 0.6) is 0 Å². The summed E-state index contributed by atoms with van der Waals surface area (Å²) in [4.78, 5) is 5.81. The van der Waals surface area contributed by atoms with Crippen molar-refractivity contribution in [1.82, 2.24) is 24.6 Å². The van der Waals surface area contributed by atoms with Gasteiger partial charge in [-0.3, -0.25) is 4.90 Å².